The number of nitrogens with zero attached hydrogens (tertiary/aromatic N) is 4. The Bertz CT molecular complexity index is 842. The highest BCUT2D eigenvalue weighted by Gasteiger charge is 2.31. The Morgan fingerprint density at radius 2 is 2.08 bits per heavy atom. The maximum atomic E-state index is 11.7. The van der Waals surface area contributed by atoms with E-state index in [9.17, 15) is 8.42 Å². The number of hydrogen-bond acceptors (Lipinski definition) is 8. The van der Waals surface area contributed by atoms with Crippen LogP contribution in [0.25, 0.3) is 0 Å². The third kappa shape index (κ3) is 4.60. The molecule has 0 bridgehead atoms. The molecule has 1 atom stereocenters. The topological polar surface area (TPSA) is 97.3 Å². The van der Waals surface area contributed by atoms with Gasteiger partial charge < -0.3 is 15.0 Å². The van der Waals surface area contributed by atoms with Crippen molar-refractivity contribution in [3.05, 3.63) is 36.0 Å². The van der Waals surface area contributed by atoms with Crippen LogP contribution in [-0.4, -0.2) is 61.8 Å². The van der Waals surface area contributed by atoms with Gasteiger partial charge in [-0.15, -0.1) is 5.10 Å². The average Bonchev–Trinajstić information content (AvgIpc) is 3.02. The van der Waals surface area contributed by atoms with Crippen LogP contribution in [0.2, 0.25) is 0 Å². The van der Waals surface area contributed by atoms with E-state index >= 15 is 0 Å². The number of anilines is 2. The van der Waals surface area contributed by atoms with Gasteiger partial charge >= 0.3 is 0 Å². The van der Waals surface area contributed by atoms with Crippen LogP contribution in [-0.2, 0) is 16.3 Å². The molecule has 0 spiro atoms. The van der Waals surface area contributed by atoms with Crippen molar-refractivity contribution in [2.24, 2.45) is 0 Å². The molecule has 0 amide bonds. The van der Waals surface area contributed by atoms with E-state index in [4.69, 9.17) is 4.74 Å². The van der Waals surface area contributed by atoms with Gasteiger partial charge in [-0.05, 0) is 30.5 Å². The van der Waals surface area contributed by atoms with Gasteiger partial charge in [0, 0.05) is 19.6 Å². The molecule has 0 aliphatic carbocycles. The van der Waals surface area contributed by atoms with Crippen molar-refractivity contribution in [2.75, 3.05) is 42.4 Å². The highest BCUT2D eigenvalue weighted by atomic mass is 32.2. The first kappa shape index (κ1) is 18.4. The number of benzene rings is 1. The second-order valence-corrected chi connectivity index (χ2v) is 8.56. The lowest BCUT2D eigenvalue weighted by Crippen LogP contribution is -2.33. The van der Waals surface area contributed by atoms with Crippen molar-refractivity contribution in [3.8, 4) is 5.75 Å². The molecule has 2 aromatic rings. The summed E-state index contributed by atoms with van der Waals surface area (Å²) in [7, 11) is 0.550. The fraction of sp³-hybridized carbons (Fsp3) is 0.471. The van der Waals surface area contributed by atoms with Crippen LogP contribution in [0.1, 0.15) is 12.0 Å². The predicted molar refractivity (Wildman–Crippen MR) is 100 cm³/mol. The third-order valence-corrected chi connectivity index (χ3v) is 6.27. The van der Waals surface area contributed by atoms with Crippen molar-refractivity contribution in [3.63, 3.8) is 0 Å². The Morgan fingerprint density at radius 3 is 2.73 bits per heavy atom. The number of ether oxygens (including phenoxy) is 1. The van der Waals surface area contributed by atoms with E-state index in [0.29, 0.717) is 24.7 Å². The molecule has 1 N–H and O–H groups in total. The molecular weight excluding hydrogens is 354 g/mol. The van der Waals surface area contributed by atoms with E-state index in [-0.39, 0.29) is 17.5 Å². The maximum Gasteiger partial charge on any atom is 0.244 e. The second-order valence-electron chi connectivity index (χ2n) is 6.33. The summed E-state index contributed by atoms with van der Waals surface area (Å²) in [5, 5.41) is 11.1. The number of methoxy groups -OCH3 is 1. The van der Waals surface area contributed by atoms with Crippen molar-refractivity contribution in [2.45, 2.75) is 18.9 Å². The van der Waals surface area contributed by atoms with Gasteiger partial charge in [0.15, 0.2) is 15.7 Å². The standard InChI is InChI=1S/C17H23N5O3S/c1-22(14-8-10-26(23,24)12-14)16-11-19-21-17(20-16)18-9-7-13-3-5-15(25-2)6-4-13/h3-6,11,14H,7-10,12H2,1-2H3,(H,18,20,21). The fourth-order valence-corrected chi connectivity index (χ4v) is 4.69. The first-order valence-corrected chi connectivity index (χ1v) is 10.3. The lowest BCUT2D eigenvalue weighted by atomic mass is 10.1. The summed E-state index contributed by atoms with van der Waals surface area (Å²) in [4.78, 5) is 6.32. The zero-order valence-corrected chi connectivity index (χ0v) is 15.7. The summed E-state index contributed by atoms with van der Waals surface area (Å²) in [6.45, 7) is 0.666. The van der Waals surface area contributed by atoms with Crippen LogP contribution >= 0.6 is 0 Å². The molecule has 0 saturated carbocycles. The molecule has 1 aromatic carbocycles. The molecule has 1 aliphatic rings. The highest BCUT2D eigenvalue weighted by Crippen LogP contribution is 2.21. The van der Waals surface area contributed by atoms with Crippen molar-refractivity contribution >= 4 is 21.6 Å². The van der Waals surface area contributed by atoms with Gasteiger partial charge in [-0.25, -0.2) is 8.42 Å². The van der Waals surface area contributed by atoms with Gasteiger partial charge in [0.05, 0.1) is 24.8 Å². The smallest absolute Gasteiger partial charge is 0.244 e. The monoisotopic (exact) mass is 377 g/mol. The molecule has 1 fully saturated rings. The highest BCUT2D eigenvalue weighted by molar-refractivity contribution is 7.91. The van der Waals surface area contributed by atoms with Crippen LogP contribution in [0.3, 0.4) is 0 Å². The molecule has 1 unspecified atom stereocenters. The van der Waals surface area contributed by atoms with E-state index < -0.39 is 9.84 Å². The minimum absolute atomic E-state index is 0.0659. The van der Waals surface area contributed by atoms with Crippen LogP contribution < -0.4 is 15.0 Å². The molecule has 0 radical (unpaired) electrons. The van der Waals surface area contributed by atoms with Gasteiger partial charge in [-0.3, -0.25) is 0 Å². The molecule has 26 heavy (non-hydrogen) atoms. The first-order chi connectivity index (χ1) is 12.5. The second kappa shape index (κ2) is 7.86. The predicted octanol–water partition coefficient (Wildman–Crippen LogP) is 1.16. The fourth-order valence-electron chi connectivity index (χ4n) is 2.92. The van der Waals surface area contributed by atoms with Crippen LogP contribution in [0.4, 0.5) is 11.8 Å². The van der Waals surface area contributed by atoms with Crippen molar-refractivity contribution in [1.29, 1.82) is 0 Å². The van der Waals surface area contributed by atoms with Gasteiger partial charge in [-0.1, -0.05) is 12.1 Å². The molecule has 1 saturated heterocycles. The molecule has 2 heterocycles. The molecule has 1 aromatic heterocycles. The molecule has 140 valence electrons. The minimum Gasteiger partial charge on any atom is -0.497 e. The lowest BCUT2D eigenvalue weighted by molar-refractivity contribution is 0.414. The Labute approximate surface area is 153 Å². The number of rotatable bonds is 7. The first-order valence-electron chi connectivity index (χ1n) is 8.46. The lowest BCUT2D eigenvalue weighted by Gasteiger charge is -2.24. The van der Waals surface area contributed by atoms with Crippen molar-refractivity contribution < 1.29 is 13.2 Å². The molecular formula is C17H23N5O3S. The summed E-state index contributed by atoms with van der Waals surface area (Å²) >= 11 is 0. The van der Waals surface area contributed by atoms with Gasteiger partial charge in [-0.2, -0.15) is 10.1 Å². The van der Waals surface area contributed by atoms with E-state index in [1.165, 1.54) is 5.56 Å². The Hall–Kier alpha value is -2.42. The maximum absolute atomic E-state index is 11.7. The number of hydrogen-bond donors (Lipinski definition) is 1. The van der Waals surface area contributed by atoms with E-state index in [0.717, 1.165) is 12.2 Å². The van der Waals surface area contributed by atoms with Crippen LogP contribution in [0.15, 0.2) is 30.5 Å². The van der Waals surface area contributed by atoms with E-state index in [2.05, 4.69) is 20.5 Å². The quantitative estimate of drug-likeness (QED) is 0.768. The summed E-state index contributed by atoms with van der Waals surface area (Å²) in [6, 6.07) is 7.83. The van der Waals surface area contributed by atoms with E-state index in [1.807, 2.05) is 36.2 Å². The van der Waals surface area contributed by atoms with Gasteiger partial charge in [0.1, 0.15) is 5.75 Å². The Morgan fingerprint density at radius 1 is 1.31 bits per heavy atom. The molecule has 9 heteroatoms. The minimum atomic E-state index is -2.94. The zero-order chi connectivity index (χ0) is 18.6. The number of aromatic nitrogens is 3. The summed E-state index contributed by atoms with van der Waals surface area (Å²) < 4.78 is 28.5. The SMILES string of the molecule is COc1ccc(CCNc2nncc(N(C)C3CCS(=O)(=O)C3)n2)cc1. The normalized spacial score (nSPS) is 18.5. The average molecular weight is 377 g/mol. The molecule has 1 aliphatic heterocycles. The van der Waals surface area contributed by atoms with Crippen LogP contribution in [0, 0.1) is 0 Å². The number of nitrogens with one attached hydrogen (secondary N) is 1. The summed E-state index contributed by atoms with van der Waals surface area (Å²) in [5.41, 5.74) is 1.18. The number of sulfone groups is 1. The Kier molecular flexibility index (Phi) is 5.55. The van der Waals surface area contributed by atoms with Gasteiger partial charge in [0.25, 0.3) is 0 Å². The largest absolute Gasteiger partial charge is 0.497 e. The van der Waals surface area contributed by atoms with Crippen molar-refractivity contribution in [1.82, 2.24) is 15.2 Å². The third-order valence-electron chi connectivity index (χ3n) is 4.52. The molecule has 3 rings (SSSR count). The summed E-state index contributed by atoms with van der Waals surface area (Å²) in [5.74, 6) is 2.28. The van der Waals surface area contributed by atoms with Crippen LogP contribution in [0.5, 0.6) is 5.75 Å². The Balaban J connectivity index is 1.56. The molecule has 8 nitrogen and oxygen atoms in total. The summed E-state index contributed by atoms with van der Waals surface area (Å²) in [6.07, 6.45) is 2.98. The zero-order valence-electron chi connectivity index (χ0n) is 14.9. The van der Waals surface area contributed by atoms with E-state index in [1.54, 1.807) is 13.3 Å². The van der Waals surface area contributed by atoms with Gasteiger partial charge in [0.2, 0.25) is 5.95 Å².